The molecule has 0 aromatic rings. The van der Waals surface area contributed by atoms with Crippen LogP contribution in [0, 0.1) is 11.3 Å². The van der Waals surface area contributed by atoms with Gasteiger partial charge in [-0.2, -0.15) is 0 Å². The van der Waals surface area contributed by atoms with Crippen molar-refractivity contribution in [1.82, 2.24) is 10.2 Å². The minimum Gasteiger partial charge on any atom is -0.354 e. The Morgan fingerprint density at radius 3 is 2.72 bits per heavy atom. The van der Waals surface area contributed by atoms with Crippen molar-refractivity contribution in [2.75, 3.05) is 19.6 Å². The van der Waals surface area contributed by atoms with Crippen LogP contribution in [0.25, 0.3) is 0 Å². The van der Waals surface area contributed by atoms with E-state index in [1.165, 1.54) is 0 Å². The summed E-state index contributed by atoms with van der Waals surface area (Å²) in [5.41, 5.74) is 0.246. The molecule has 1 saturated heterocycles. The monoisotopic (exact) mass is 254 g/mol. The zero-order valence-electron chi connectivity index (χ0n) is 12.1. The average Bonchev–Trinajstić information content (AvgIpc) is 2.39. The van der Waals surface area contributed by atoms with E-state index in [1.54, 1.807) is 4.90 Å². The van der Waals surface area contributed by atoms with Gasteiger partial charge in [0.2, 0.25) is 11.8 Å². The Bertz CT molecular complexity index is 307. The van der Waals surface area contributed by atoms with Crippen LogP contribution < -0.4 is 5.32 Å². The summed E-state index contributed by atoms with van der Waals surface area (Å²) in [4.78, 5) is 25.2. The Hall–Kier alpha value is -1.06. The first-order chi connectivity index (χ1) is 8.28. The summed E-state index contributed by atoms with van der Waals surface area (Å²) in [6.07, 6.45) is 2.43. The summed E-state index contributed by atoms with van der Waals surface area (Å²) in [6, 6.07) is 0. The average molecular weight is 254 g/mol. The maximum Gasteiger partial charge on any atom is 0.239 e. The summed E-state index contributed by atoms with van der Waals surface area (Å²) in [7, 11) is 0. The second-order valence-corrected chi connectivity index (χ2v) is 6.59. The molecule has 1 rings (SSSR count). The quantitative estimate of drug-likeness (QED) is 0.835. The van der Waals surface area contributed by atoms with Gasteiger partial charge in [0.05, 0.1) is 6.54 Å². The lowest BCUT2D eigenvalue weighted by molar-refractivity contribution is -0.136. The third kappa shape index (κ3) is 5.52. The Morgan fingerprint density at radius 2 is 2.11 bits per heavy atom. The van der Waals surface area contributed by atoms with Gasteiger partial charge in [-0.3, -0.25) is 9.59 Å². The van der Waals surface area contributed by atoms with Crippen molar-refractivity contribution in [2.24, 2.45) is 11.3 Å². The maximum atomic E-state index is 12.1. The predicted molar refractivity (Wildman–Crippen MR) is 72.1 cm³/mol. The van der Waals surface area contributed by atoms with E-state index < -0.39 is 0 Å². The number of amides is 2. The topological polar surface area (TPSA) is 49.4 Å². The number of hydrogen-bond donors (Lipinski definition) is 1. The van der Waals surface area contributed by atoms with E-state index in [9.17, 15) is 9.59 Å². The minimum atomic E-state index is -0.0377. The molecule has 1 heterocycles. The molecule has 4 heteroatoms. The van der Waals surface area contributed by atoms with E-state index in [0.717, 1.165) is 12.8 Å². The van der Waals surface area contributed by atoms with Crippen molar-refractivity contribution in [1.29, 1.82) is 0 Å². The number of carbonyl (C=O) groups is 2. The smallest absolute Gasteiger partial charge is 0.239 e. The van der Waals surface area contributed by atoms with Crippen molar-refractivity contribution in [3.05, 3.63) is 0 Å². The van der Waals surface area contributed by atoms with Crippen molar-refractivity contribution in [2.45, 2.75) is 47.0 Å². The van der Waals surface area contributed by atoms with Crippen LogP contribution in [-0.2, 0) is 9.59 Å². The number of hydrogen-bond acceptors (Lipinski definition) is 2. The molecule has 104 valence electrons. The molecule has 4 nitrogen and oxygen atoms in total. The SMILES string of the molecule is CC(CC(=O)N1CCCNC(=O)C1)CC(C)(C)C. The van der Waals surface area contributed by atoms with Crippen LogP contribution in [0.4, 0.5) is 0 Å². The lowest BCUT2D eigenvalue weighted by atomic mass is 9.84. The molecule has 1 N–H and O–H groups in total. The summed E-state index contributed by atoms with van der Waals surface area (Å²) >= 11 is 0. The van der Waals surface area contributed by atoms with Crippen LogP contribution in [0.1, 0.15) is 47.0 Å². The van der Waals surface area contributed by atoms with Crippen molar-refractivity contribution in [3.63, 3.8) is 0 Å². The van der Waals surface area contributed by atoms with Gasteiger partial charge >= 0.3 is 0 Å². The third-order valence-electron chi connectivity index (χ3n) is 3.10. The highest BCUT2D eigenvalue weighted by molar-refractivity contribution is 5.85. The highest BCUT2D eigenvalue weighted by atomic mass is 16.2. The van der Waals surface area contributed by atoms with Crippen LogP contribution in [0.2, 0.25) is 0 Å². The van der Waals surface area contributed by atoms with Crippen LogP contribution in [0.3, 0.4) is 0 Å². The van der Waals surface area contributed by atoms with Crippen LogP contribution in [-0.4, -0.2) is 36.3 Å². The Balaban J connectivity index is 2.46. The first-order valence-corrected chi connectivity index (χ1v) is 6.82. The summed E-state index contributed by atoms with van der Waals surface area (Å²) in [5, 5.41) is 2.79. The summed E-state index contributed by atoms with van der Waals surface area (Å²) in [5.74, 6) is 0.442. The molecule has 0 radical (unpaired) electrons. The first-order valence-electron chi connectivity index (χ1n) is 6.82. The number of rotatable bonds is 3. The van der Waals surface area contributed by atoms with Gasteiger partial charge in [-0.15, -0.1) is 0 Å². The fourth-order valence-corrected chi connectivity index (χ4v) is 2.56. The van der Waals surface area contributed by atoms with Crippen molar-refractivity contribution < 1.29 is 9.59 Å². The fraction of sp³-hybridized carbons (Fsp3) is 0.857. The van der Waals surface area contributed by atoms with Gasteiger partial charge in [-0.25, -0.2) is 0 Å². The normalized spacial score (nSPS) is 19.1. The minimum absolute atomic E-state index is 0.0377. The van der Waals surface area contributed by atoms with Crippen LogP contribution in [0.15, 0.2) is 0 Å². The lowest BCUT2D eigenvalue weighted by Crippen LogP contribution is -2.38. The fourth-order valence-electron chi connectivity index (χ4n) is 2.56. The largest absolute Gasteiger partial charge is 0.354 e. The number of carbonyl (C=O) groups excluding carboxylic acids is 2. The lowest BCUT2D eigenvalue weighted by Gasteiger charge is -2.25. The molecule has 0 spiro atoms. The van der Waals surface area contributed by atoms with Gasteiger partial charge in [-0.05, 0) is 24.2 Å². The molecule has 1 fully saturated rings. The Labute approximate surface area is 110 Å². The maximum absolute atomic E-state index is 12.1. The molecule has 2 amide bonds. The molecule has 1 aliphatic rings. The second-order valence-electron chi connectivity index (χ2n) is 6.59. The number of nitrogens with zero attached hydrogens (tertiary/aromatic N) is 1. The molecule has 1 aliphatic heterocycles. The van der Waals surface area contributed by atoms with E-state index >= 15 is 0 Å². The second kappa shape index (κ2) is 6.21. The van der Waals surface area contributed by atoms with E-state index in [1.807, 2.05) is 0 Å². The molecular weight excluding hydrogens is 228 g/mol. The predicted octanol–water partition coefficient (Wildman–Crippen LogP) is 1.80. The van der Waals surface area contributed by atoms with E-state index in [0.29, 0.717) is 25.4 Å². The zero-order valence-corrected chi connectivity index (χ0v) is 12.1. The van der Waals surface area contributed by atoms with Gasteiger partial charge < -0.3 is 10.2 Å². The van der Waals surface area contributed by atoms with Crippen LogP contribution >= 0.6 is 0 Å². The zero-order chi connectivity index (χ0) is 13.8. The molecule has 1 atom stereocenters. The Kier molecular flexibility index (Phi) is 5.17. The molecule has 0 aromatic carbocycles. The highest BCUT2D eigenvalue weighted by Crippen LogP contribution is 2.26. The molecule has 0 bridgehead atoms. The first kappa shape index (κ1) is 15.0. The highest BCUT2D eigenvalue weighted by Gasteiger charge is 2.23. The van der Waals surface area contributed by atoms with Crippen molar-refractivity contribution >= 4 is 11.8 Å². The van der Waals surface area contributed by atoms with E-state index in [2.05, 4.69) is 33.0 Å². The summed E-state index contributed by atoms with van der Waals surface area (Å²) in [6.45, 7) is 10.3. The van der Waals surface area contributed by atoms with E-state index in [4.69, 9.17) is 0 Å². The van der Waals surface area contributed by atoms with Gasteiger partial charge in [0.25, 0.3) is 0 Å². The molecule has 18 heavy (non-hydrogen) atoms. The standard InChI is InChI=1S/C14H26N2O2/c1-11(9-14(2,3)4)8-13(18)16-7-5-6-15-12(17)10-16/h11H,5-10H2,1-4H3,(H,15,17). The van der Waals surface area contributed by atoms with E-state index in [-0.39, 0.29) is 23.8 Å². The molecular formula is C14H26N2O2. The molecule has 0 saturated carbocycles. The Morgan fingerprint density at radius 1 is 1.44 bits per heavy atom. The van der Waals surface area contributed by atoms with Crippen molar-refractivity contribution in [3.8, 4) is 0 Å². The third-order valence-corrected chi connectivity index (χ3v) is 3.10. The van der Waals surface area contributed by atoms with Gasteiger partial charge in [-0.1, -0.05) is 27.7 Å². The summed E-state index contributed by atoms with van der Waals surface area (Å²) < 4.78 is 0. The van der Waals surface area contributed by atoms with Gasteiger partial charge in [0.1, 0.15) is 0 Å². The van der Waals surface area contributed by atoms with Gasteiger partial charge in [0.15, 0.2) is 0 Å². The van der Waals surface area contributed by atoms with Gasteiger partial charge in [0, 0.05) is 19.5 Å². The molecule has 0 aliphatic carbocycles. The molecule has 0 aromatic heterocycles. The van der Waals surface area contributed by atoms with Crippen LogP contribution in [0.5, 0.6) is 0 Å². The number of nitrogens with one attached hydrogen (secondary N) is 1. The molecule has 1 unspecified atom stereocenters.